The normalized spacial score (nSPS) is 17.8. The fourth-order valence-electron chi connectivity index (χ4n) is 3.08. The first kappa shape index (κ1) is 17.7. The summed E-state index contributed by atoms with van der Waals surface area (Å²) in [4.78, 5) is 0.320. The minimum atomic E-state index is -3.63. The van der Waals surface area contributed by atoms with E-state index in [0.717, 1.165) is 24.0 Å². The van der Waals surface area contributed by atoms with Gasteiger partial charge in [0.25, 0.3) is 10.1 Å². The van der Waals surface area contributed by atoms with E-state index in [-0.39, 0.29) is 14.9 Å². The Kier molecular flexibility index (Phi) is 6.23. The van der Waals surface area contributed by atoms with Crippen LogP contribution in [-0.2, 0) is 14.3 Å². The second kappa shape index (κ2) is 7.75. The fraction of sp³-hybridized carbons (Fsp3) is 0.647. The quantitative estimate of drug-likeness (QED) is 0.567. The van der Waals surface area contributed by atoms with E-state index in [1.807, 2.05) is 26.0 Å². The molecule has 5 heteroatoms. The number of benzene rings is 1. The van der Waals surface area contributed by atoms with Gasteiger partial charge in [0.05, 0.1) is 11.0 Å². The minimum absolute atomic E-state index is 0.124. The molecule has 0 bridgehead atoms. The summed E-state index contributed by atoms with van der Waals surface area (Å²) < 4.78 is 30.5. The van der Waals surface area contributed by atoms with Crippen molar-refractivity contribution in [2.24, 2.45) is 0 Å². The Bertz CT molecular complexity index is 590. The Morgan fingerprint density at radius 3 is 2.50 bits per heavy atom. The van der Waals surface area contributed by atoms with E-state index in [9.17, 15) is 8.42 Å². The first-order valence-corrected chi connectivity index (χ1v) is 11.8. The maximum atomic E-state index is 12.5. The molecule has 123 valence electrons. The molecule has 2 rings (SSSR count). The van der Waals surface area contributed by atoms with Gasteiger partial charge in [-0.05, 0) is 38.3 Å². The van der Waals surface area contributed by atoms with Gasteiger partial charge < -0.3 is 0 Å². The lowest BCUT2D eigenvalue weighted by Crippen LogP contribution is -2.28. The molecule has 3 nitrogen and oxygen atoms in total. The third kappa shape index (κ3) is 4.67. The summed E-state index contributed by atoms with van der Waals surface area (Å²) in [5, 5.41) is 0. The predicted molar refractivity (Wildman–Crippen MR) is 92.3 cm³/mol. The predicted octanol–water partition coefficient (Wildman–Crippen LogP) is 4.47. The van der Waals surface area contributed by atoms with Crippen LogP contribution in [0.5, 0.6) is 0 Å². The van der Waals surface area contributed by atoms with Gasteiger partial charge in [0, 0.05) is 8.80 Å². The smallest absolute Gasteiger partial charge is 0.263 e. The third-order valence-corrected chi connectivity index (χ3v) is 8.96. The number of rotatable bonds is 6. The number of aryl methyl sites for hydroxylation is 2. The van der Waals surface area contributed by atoms with E-state index >= 15 is 0 Å². The van der Waals surface area contributed by atoms with Crippen LogP contribution in [-0.4, -0.2) is 23.3 Å². The molecule has 0 aliphatic carbocycles. The average Bonchev–Trinajstić information content (AvgIpc) is 2.45. The van der Waals surface area contributed by atoms with E-state index < -0.39 is 10.1 Å². The molecule has 1 aliphatic heterocycles. The van der Waals surface area contributed by atoms with Crippen LogP contribution >= 0.6 is 0 Å². The van der Waals surface area contributed by atoms with Crippen molar-refractivity contribution in [2.75, 3.05) is 0 Å². The zero-order valence-corrected chi connectivity index (χ0v) is 15.7. The van der Waals surface area contributed by atoms with Crippen molar-refractivity contribution in [3.63, 3.8) is 0 Å². The van der Waals surface area contributed by atoms with E-state index in [0.29, 0.717) is 4.90 Å². The van der Waals surface area contributed by atoms with Gasteiger partial charge in [0.15, 0.2) is 0 Å². The monoisotopic (exact) mass is 339 g/mol. The van der Waals surface area contributed by atoms with Gasteiger partial charge in [-0.3, -0.25) is 4.18 Å². The second-order valence-electron chi connectivity index (χ2n) is 6.37. The molecule has 0 aromatic heterocycles. The lowest BCUT2D eigenvalue weighted by Gasteiger charge is -2.27. The molecule has 0 spiro atoms. The first-order chi connectivity index (χ1) is 10.4. The minimum Gasteiger partial charge on any atom is -0.263 e. The second-order valence-corrected chi connectivity index (χ2v) is 10.9. The molecular formula is C17H27O3SSi. The van der Waals surface area contributed by atoms with E-state index in [1.165, 1.54) is 31.0 Å². The molecule has 1 heterocycles. The van der Waals surface area contributed by atoms with Gasteiger partial charge in [0.1, 0.15) is 0 Å². The molecule has 0 amide bonds. The Morgan fingerprint density at radius 2 is 1.91 bits per heavy atom. The molecular weight excluding hydrogens is 312 g/mol. The van der Waals surface area contributed by atoms with Crippen LogP contribution in [0.3, 0.4) is 0 Å². The van der Waals surface area contributed by atoms with Crippen LogP contribution in [0.2, 0.25) is 18.1 Å². The molecule has 0 unspecified atom stereocenters. The van der Waals surface area contributed by atoms with Crippen molar-refractivity contribution in [1.82, 2.24) is 0 Å². The summed E-state index contributed by atoms with van der Waals surface area (Å²) in [7, 11) is -3.88. The standard InChI is InChI=1S/C17H27O3SSi/c1-4-5-10-22-11-8-16(9-12-22)20-21(18,19)17-7-6-14(2)13-15(17)3/h6-7,13,16H,4-5,8-12H2,1-3H3. The number of hydrogen-bond acceptors (Lipinski definition) is 3. The lowest BCUT2D eigenvalue weighted by atomic mass is 10.2. The van der Waals surface area contributed by atoms with Crippen LogP contribution in [0.4, 0.5) is 0 Å². The van der Waals surface area contributed by atoms with Crippen molar-refractivity contribution in [3.05, 3.63) is 29.3 Å². The molecule has 1 radical (unpaired) electrons. The van der Waals surface area contributed by atoms with E-state index in [1.54, 1.807) is 6.07 Å². The molecule has 1 aromatic carbocycles. The van der Waals surface area contributed by atoms with Gasteiger partial charge in [0.2, 0.25) is 0 Å². The number of unbranched alkanes of at least 4 members (excludes halogenated alkanes) is 1. The van der Waals surface area contributed by atoms with Crippen molar-refractivity contribution in [3.8, 4) is 0 Å². The highest BCUT2D eigenvalue weighted by atomic mass is 32.2. The topological polar surface area (TPSA) is 43.4 Å². The fourth-order valence-corrected chi connectivity index (χ4v) is 7.49. The molecule has 22 heavy (non-hydrogen) atoms. The highest BCUT2D eigenvalue weighted by molar-refractivity contribution is 7.86. The molecule has 1 aromatic rings. The van der Waals surface area contributed by atoms with Gasteiger partial charge in [-0.15, -0.1) is 0 Å². The van der Waals surface area contributed by atoms with E-state index in [2.05, 4.69) is 6.92 Å². The largest absolute Gasteiger partial charge is 0.297 e. The number of hydrogen-bond donors (Lipinski definition) is 0. The van der Waals surface area contributed by atoms with Crippen molar-refractivity contribution in [1.29, 1.82) is 0 Å². The highest BCUT2D eigenvalue weighted by Gasteiger charge is 2.28. The van der Waals surface area contributed by atoms with E-state index in [4.69, 9.17) is 4.18 Å². The molecule has 1 aliphatic rings. The van der Waals surface area contributed by atoms with Crippen LogP contribution in [0.1, 0.15) is 43.7 Å². The average molecular weight is 340 g/mol. The van der Waals surface area contributed by atoms with Crippen LogP contribution < -0.4 is 0 Å². The van der Waals surface area contributed by atoms with Crippen molar-refractivity contribution >= 4 is 18.9 Å². The van der Waals surface area contributed by atoms with Gasteiger partial charge in [-0.2, -0.15) is 8.42 Å². The summed E-state index contributed by atoms with van der Waals surface area (Å²) in [5.41, 5.74) is 1.83. The Labute approximate surface area is 136 Å². The van der Waals surface area contributed by atoms with Gasteiger partial charge in [-0.25, -0.2) is 0 Å². The van der Waals surface area contributed by atoms with Gasteiger partial charge >= 0.3 is 0 Å². The van der Waals surface area contributed by atoms with Crippen LogP contribution in [0.25, 0.3) is 0 Å². The Hall–Kier alpha value is -0.653. The van der Waals surface area contributed by atoms with Crippen molar-refractivity contribution in [2.45, 2.75) is 75.6 Å². The summed E-state index contributed by atoms with van der Waals surface area (Å²) in [5.74, 6) is 0. The zero-order chi connectivity index (χ0) is 16.2. The Morgan fingerprint density at radius 1 is 1.23 bits per heavy atom. The summed E-state index contributed by atoms with van der Waals surface area (Å²) in [6.07, 6.45) is 4.27. The summed E-state index contributed by atoms with van der Waals surface area (Å²) in [6.45, 7) is 6.02. The SMILES string of the molecule is CCCC[Si]1CCC(OS(=O)(=O)c2ccc(C)cc2C)CC1. The highest BCUT2D eigenvalue weighted by Crippen LogP contribution is 2.29. The third-order valence-electron chi connectivity index (χ3n) is 4.39. The zero-order valence-electron chi connectivity index (χ0n) is 13.9. The molecule has 0 saturated carbocycles. The molecule has 1 fully saturated rings. The first-order valence-electron chi connectivity index (χ1n) is 8.26. The molecule has 0 N–H and O–H groups in total. The van der Waals surface area contributed by atoms with Gasteiger partial charge in [-0.1, -0.05) is 55.6 Å². The summed E-state index contributed by atoms with van der Waals surface area (Å²) in [6, 6.07) is 9.14. The molecule has 1 saturated heterocycles. The maximum Gasteiger partial charge on any atom is 0.297 e. The molecule has 0 atom stereocenters. The summed E-state index contributed by atoms with van der Waals surface area (Å²) >= 11 is 0. The van der Waals surface area contributed by atoms with Crippen molar-refractivity contribution < 1.29 is 12.6 Å². The Balaban J connectivity index is 1.96. The lowest BCUT2D eigenvalue weighted by molar-refractivity contribution is 0.194. The van der Waals surface area contributed by atoms with Crippen LogP contribution in [0.15, 0.2) is 23.1 Å². The maximum absolute atomic E-state index is 12.5. The van der Waals surface area contributed by atoms with Crippen LogP contribution in [0, 0.1) is 13.8 Å².